The first-order chi connectivity index (χ1) is 56.4. The molecule has 0 aliphatic carbocycles. The molecule has 0 atom stereocenters. The van der Waals surface area contributed by atoms with Gasteiger partial charge in [0.25, 0.3) is 0 Å². The van der Waals surface area contributed by atoms with Crippen LogP contribution in [0.3, 0.4) is 0 Å². The third kappa shape index (κ3) is 24.5. The fourth-order valence-corrected chi connectivity index (χ4v) is 13.7. The maximum Gasteiger partial charge on any atom is -0.0105 e. The van der Waals surface area contributed by atoms with Crippen LogP contribution in [0.4, 0.5) is 0 Å². The third-order valence-electron chi connectivity index (χ3n) is 19.8. The van der Waals surface area contributed by atoms with Gasteiger partial charge in [-0.15, -0.1) is 0 Å². The molecule has 0 saturated carbocycles. The maximum atomic E-state index is 2.26. The van der Waals surface area contributed by atoms with Gasteiger partial charge in [0.15, 0.2) is 0 Å². The zero-order chi connectivity index (χ0) is 79.6. The van der Waals surface area contributed by atoms with Crippen LogP contribution in [0.5, 0.6) is 0 Å². The van der Waals surface area contributed by atoms with E-state index in [1.54, 1.807) is 0 Å². The minimum atomic E-state index is 1.26. The molecule has 0 nitrogen and oxygen atoms in total. The highest BCUT2D eigenvalue weighted by molar-refractivity contribution is 5.84. The van der Waals surface area contributed by atoms with E-state index in [1.807, 2.05) is 30.3 Å². The Bertz CT molecular complexity index is 5840. The molecule has 0 aliphatic heterocycles. The highest BCUT2D eigenvalue weighted by Crippen LogP contribution is 2.35. The van der Waals surface area contributed by atoms with Crippen LogP contribution in [-0.2, 0) is 0 Å². The second kappa shape index (κ2) is 42.4. The molecule has 0 spiro atoms. The van der Waals surface area contributed by atoms with E-state index in [9.17, 15) is 0 Å². The van der Waals surface area contributed by atoms with E-state index in [0.29, 0.717) is 0 Å². The number of hydrogen-bond donors (Lipinski definition) is 0. The largest absolute Gasteiger partial charge is 0.0622 e. The third-order valence-corrected chi connectivity index (χ3v) is 19.8. The average Bonchev–Trinajstić information content (AvgIpc) is 0.546. The van der Waals surface area contributed by atoms with Crippen LogP contribution in [-0.4, -0.2) is 0 Å². The van der Waals surface area contributed by atoms with E-state index < -0.39 is 0 Å². The topological polar surface area (TPSA) is 0 Å². The standard InChI is InChI=1S/4C19H16.3C13H12/c1-15-12-18(16-8-4-2-5-9-16)14-19(13-15)17-10-6-3-7-11-17;1-15-7-5-10-17(13-15)19-12-6-11-18(14-19)16-8-3-2-4-9-16;1-15-8-7-11-17(14-15)19-13-6-5-12-18(19)16-9-3-2-4-10-16;1-15-10-12-17(13-11-15)19-9-5-8-18(14-19)16-6-3-2-4-7-16;1-11-7-5-6-10-13(11)12-8-3-2-4-9-12;1-11-6-5-9-13(10-11)12-7-3-2-4-8-12;1-11-7-9-13(10-8-11)12-5-3-2-4-6-12/h4*2-14H,1H3;3*2-10H,1H3. The zero-order valence-corrected chi connectivity index (χ0v) is 67.1. The Kier molecular flexibility index (Phi) is 29.7. The van der Waals surface area contributed by atoms with E-state index in [4.69, 9.17) is 0 Å². The van der Waals surface area contributed by atoms with Gasteiger partial charge in [-0.25, -0.2) is 0 Å². The van der Waals surface area contributed by atoms with Crippen LogP contribution in [0.2, 0.25) is 0 Å². The van der Waals surface area contributed by atoms with Crippen molar-refractivity contribution in [3.63, 3.8) is 0 Å². The van der Waals surface area contributed by atoms with Crippen LogP contribution < -0.4 is 0 Å². The lowest BCUT2D eigenvalue weighted by molar-refractivity contribution is 1.46. The molecule has 0 bridgehead atoms. The van der Waals surface area contributed by atoms with Gasteiger partial charge in [0.2, 0.25) is 0 Å². The zero-order valence-electron chi connectivity index (χ0n) is 67.1. The Labute approximate surface area is 684 Å². The first-order valence-corrected chi connectivity index (χ1v) is 39.7. The number of aryl methyl sites for hydroxylation is 7. The predicted octanol–water partition coefficient (Wildman–Crippen LogP) is 32.3. The highest BCUT2D eigenvalue weighted by Gasteiger charge is 2.09. The summed E-state index contributed by atoms with van der Waals surface area (Å²) in [6, 6.07) is 168. The van der Waals surface area contributed by atoms with Gasteiger partial charge in [-0.1, -0.05) is 489 Å². The number of benzene rings is 18. The van der Waals surface area contributed by atoms with Crippen molar-refractivity contribution in [1.29, 1.82) is 0 Å². The fourth-order valence-electron chi connectivity index (χ4n) is 13.7. The Hall–Kier alpha value is -14.0. The Balaban J connectivity index is 0.000000125. The monoisotopic (exact) mass is 1480 g/mol. The molecule has 18 aromatic carbocycles. The lowest BCUT2D eigenvalue weighted by Crippen LogP contribution is -1.85. The summed E-state index contributed by atoms with van der Waals surface area (Å²) in [5.41, 5.74) is 37.2. The van der Waals surface area contributed by atoms with Gasteiger partial charge in [-0.05, 0) is 200 Å². The Morgan fingerprint density at radius 2 is 0.287 bits per heavy atom. The van der Waals surface area contributed by atoms with E-state index in [0.717, 1.165) is 0 Å². The molecule has 0 amide bonds. The van der Waals surface area contributed by atoms with Crippen molar-refractivity contribution in [1.82, 2.24) is 0 Å². The SMILES string of the molecule is Cc1cc(-c2ccccc2)cc(-c2ccccc2)c1.Cc1ccc(-c2cccc(-c3ccccc3)c2)cc1.Cc1ccc(-c2ccccc2)cc1.Cc1cccc(-c2cccc(-c3ccccc3)c2)c1.Cc1cccc(-c2ccccc2)c1.Cc1cccc(-c2ccccc2-c2ccccc2)c1.Cc1ccccc1-c1ccccc1. The lowest BCUT2D eigenvalue weighted by atomic mass is 9.94. The van der Waals surface area contributed by atoms with Crippen LogP contribution >= 0.6 is 0 Å². The van der Waals surface area contributed by atoms with E-state index in [1.165, 1.54) is 161 Å². The van der Waals surface area contributed by atoms with E-state index in [2.05, 4.69) is 497 Å². The summed E-state index contributed by atoms with van der Waals surface area (Å²) < 4.78 is 0. The second-order valence-electron chi connectivity index (χ2n) is 28.9. The number of rotatable bonds is 11. The van der Waals surface area contributed by atoms with Crippen LogP contribution in [0.1, 0.15) is 38.9 Å². The molecule has 18 aromatic rings. The minimum absolute atomic E-state index is 1.26. The van der Waals surface area contributed by atoms with Crippen molar-refractivity contribution in [2.75, 3.05) is 0 Å². The van der Waals surface area contributed by atoms with E-state index >= 15 is 0 Å². The molecular formula is C115H100. The quantitative estimate of drug-likeness (QED) is 0.121. The van der Waals surface area contributed by atoms with Crippen molar-refractivity contribution in [3.8, 4) is 122 Å². The van der Waals surface area contributed by atoms with Gasteiger partial charge in [-0.3, -0.25) is 0 Å². The van der Waals surface area contributed by atoms with Crippen molar-refractivity contribution >= 4 is 0 Å². The molecule has 0 radical (unpaired) electrons. The van der Waals surface area contributed by atoms with Gasteiger partial charge in [-0.2, -0.15) is 0 Å². The van der Waals surface area contributed by atoms with Crippen molar-refractivity contribution in [2.45, 2.75) is 48.5 Å². The van der Waals surface area contributed by atoms with Gasteiger partial charge in [0.05, 0.1) is 0 Å². The molecule has 0 fully saturated rings. The summed E-state index contributed by atoms with van der Waals surface area (Å²) in [4.78, 5) is 0. The minimum Gasteiger partial charge on any atom is -0.0622 e. The van der Waals surface area contributed by atoms with Gasteiger partial charge < -0.3 is 0 Å². The fraction of sp³-hybridized carbons (Fsp3) is 0.0609. The summed E-state index contributed by atoms with van der Waals surface area (Å²) >= 11 is 0. The molecule has 0 aromatic heterocycles. The molecule has 18 rings (SSSR count). The van der Waals surface area contributed by atoms with Crippen molar-refractivity contribution in [2.24, 2.45) is 0 Å². The number of hydrogen-bond acceptors (Lipinski definition) is 0. The molecule has 560 valence electrons. The van der Waals surface area contributed by atoms with Gasteiger partial charge >= 0.3 is 0 Å². The average molecular weight is 1480 g/mol. The van der Waals surface area contributed by atoms with Crippen molar-refractivity contribution in [3.05, 3.63) is 518 Å². The summed E-state index contributed by atoms with van der Waals surface area (Å²) in [5.74, 6) is 0. The highest BCUT2D eigenvalue weighted by atomic mass is 14.1. The van der Waals surface area contributed by atoms with E-state index in [-0.39, 0.29) is 0 Å². The molecule has 0 unspecified atom stereocenters. The lowest BCUT2D eigenvalue weighted by Gasteiger charge is -2.10. The first kappa shape index (κ1) is 80.5. The molecule has 0 heterocycles. The Morgan fingerprint density at radius 1 is 0.0957 bits per heavy atom. The van der Waals surface area contributed by atoms with Gasteiger partial charge in [0.1, 0.15) is 0 Å². The molecule has 0 saturated heterocycles. The second-order valence-corrected chi connectivity index (χ2v) is 28.9. The molecular weight excluding hydrogens is 1380 g/mol. The molecule has 0 heteroatoms. The molecule has 0 aliphatic rings. The predicted molar refractivity (Wildman–Crippen MR) is 498 cm³/mol. The summed E-state index contributed by atoms with van der Waals surface area (Å²) in [6.07, 6.45) is 0. The van der Waals surface area contributed by atoms with Crippen molar-refractivity contribution < 1.29 is 0 Å². The van der Waals surface area contributed by atoms with Crippen LogP contribution in [0.25, 0.3) is 122 Å². The Morgan fingerprint density at radius 3 is 0.626 bits per heavy atom. The normalized spacial score (nSPS) is 10.2. The van der Waals surface area contributed by atoms with Crippen LogP contribution in [0.15, 0.2) is 479 Å². The smallest absolute Gasteiger partial charge is 0.0105 e. The summed E-state index contributed by atoms with van der Waals surface area (Å²) in [6.45, 7) is 14.9. The van der Waals surface area contributed by atoms with Crippen LogP contribution in [0, 0.1) is 48.5 Å². The summed E-state index contributed by atoms with van der Waals surface area (Å²) in [5, 5.41) is 0. The maximum absolute atomic E-state index is 2.26. The molecule has 115 heavy (non-hydrogen) atoms. The molecule has 0 N–H and O–H groups in total. The van der Waals surface area contributed by atoms with Gasteiger partial charge in [0, 0.05) is 0 Å². The first-order valence-electron chi connectivity index (χ1n) is 39.7. The summed E-state index contributed by atoms with van der Waals surface area (Å²) in [7, 11) is 0.